The highest BCUT2D eigenvalue weighted by Crippen LogP contribution is 2.33. The van der Waals surface area contributed by atoms with Gasteiger partial charge in [0.1, 0.15) is 0 Å². The number of piperazine rings is 1. The zero-order valence-electron chi connectivity index (χ0n) is 14.1. The molecule has 1 unspecified atom stereocenters. The van der Waals surface area contributed by atoms with Crippen molar-refractivity contribution in [3.63, 3.8) is 0 Å². The third kappa shape index (κ3) is 3.29. The molecular weight excluding hydrogens is 320 g/mol. The molecule has 2 fully saturated rings. The Kier molecular flexibility index (Phi) is 4.50. The standard InChI is InChI=1S/C18H22N4O3/c23-22(24)18-4-3-17(15-5-6-19-12-16(15)18)21-9-7-20(8-10-21)13-14-2-1-11-25-14/h3-6,12,14H,1-2,7-11,13H2. The summed E-state index contributed by atoms with van der Waals surface area (Å²) in [6.07, 6.45) is 6.01. The van der Waals surface area contributed by atoms with Gasteiger partial charge in [-0.05, 0) is 25.0 Å². The number of hydrogen-bond donors (Lipinski definition) is 0. The molecule has 0 bridgehead atoms. The lowest BCUT2D eigenvalue weighted by Crippen LogP contribution is -2.48. The average molecular weight is 342 g/mol. The lowest BCUT2D eigenvalue weighted by Gasteiger charge is -2.37. The summed E-state index contributed by atoms with van der Waals surface area (Å²) in [6.45, 7) is 5.73. The van der Waals surface area contributed by atoms with Crippen molar-refractivity contribution in [3.8, 4) is 0 Å². The van der Waals surface area contributed by atoms with Gasteiger partial charge < -0.3 is 9.64 Å². The molecule has 132 valence electrons. The molecule has 0 amide bonds. The van der Waals surface area contributed by atoms with Crippen LogP contribution in [-0.4, -0.2) is 60.2 Å². The average Bonchev–Trinajstić information content (AvgIpc) is 3.14. The number of hydrogen-bond acceptors (Lipinski definition) is 6. The lowest BCUT2D eigenvalue weighted by molar-refractivity contribution is -0.383. The van der Waals surface area contributed by atoms with Crippen molar-refractivity contribution in [2.75, 3.05) is 44.2 Å². The molecule has 0 spiro atoms. The minimum Gasteiger partial charge on any atom is -0.377 e. The Hall–Kier alpha value is -2.25. The van der Waals surface area contributed by atoms with E-state index in [4.69, 9.17) is 4.74 Å². The molecular formula is C18H22N4O3. The van der Waals surface area contributed by atoms with Crippen LogP contribution < -0.4 is 4.90 Å². The Morgan fingerprint density at radius 1 is 1.20 bits per heavy atom. The number of anilines is 1. The van der Waals surface area contributed by atoms with Gasteiger partial charge >= 0.3 is 0 Å². The molecule has 0 saturated carbocycles. The molecule has 1 aromatic carbocycles. The number of rotatable bonds is 4. The van der Waals surface area contributed by atoms with Gasteiger partial charge in [0.15, 0.2) is 0 Å². The molecule has 0 radical (unpaired) electrons. The molecule has 4 rings (SSSR count). The van der Waals surface area contributed by atoms with Crippen molar-refractivity contribution in [2.45, 2.75) is 18.9 Å². The van der Waals surface area contributed by atoms with Crippen LogP contribution in [0.4, 0.5) is 11.4 Å². The molecule has 1 aromatic heterocycles. The molecule has 1 atom stereocenters. The summed E-state index contributed by atoms with van der Waals surface area (Å²) >= 11 is 0. The number of nitro groups is 1. The third-order valence-electron chi connectivity index (χ3n) is 5.17. The molecule has 2 aromatic rings. The van der Waals surface area contributed by atoms with Crippen LogP contribution in [-0.2, 0) is 4.74 Å². The second-order valence-electron chi connectivity index (χ2n) is 6.70. The second-order valence-corrected chi connectivity index (χ2v) is 6.70. The first kappa shape index (κ1) is 16.2. The number of non-ortho nitro benzene ring substituents is 1. The maximum absolute atomic E-state index is 11.3. The topological polar surface area (TPSA) is 71.7 Å². The van der Waals surface area contributed by atoms with Gasteiger partial charge in [0.05, 0.1) is 16.4 Å². The normalized spacial score (nSPS) is 21.8. The predicted octanol–water partition coefficient (Wildman–Crippen LogP) is 2.44. The zero-order valence-corrected chi connectivity index (χ0v) is 14.1. The first-order valence-electron chi connectivity index (χ1n) is 8.82. The SMILES string of the molecule is O=[N+]([O-])c1ccc(N2CCN(CC3CCCO3)CC2)c2ccncc12. The largest absolute Gasteiger partial charge is 0.377 e. The number of nitro benzene ring substituents is 1. The molecule has 2 saturated heterocycles. The fourth-order valence-electron chi connectivity index (χ4n) is 3.84. The maximum Gasteiger partial charge on any atom is 0.278 e. The zero-order chi connectivity index (χ0) is 17.2. The van der Waals surface area contributed by atoms with Crippen LogP contribution in [0, 0.1) is 10.1 Å². The van der Waals surface area contributed by atoms with Gasteiger partial charge in [-0.3, -0.25) is 20.0 Å². The minimum atomic E-state index is -0.340. The number of benzene rings is 1. The van der Waals surface area contributed by atoms with Gasteiger partial charge in [-0.1, -0.05) is 0 Å². The van der Waals surface area contributed by atoms with E-state index in [-0.39, 0.29) is 10.6 Å². The van der Waals surface area contributed by atoms with Crippen LogP contribution in [0.1, 0.15) is 12.8 Å². The summed E-state index contributed by atoms with van der Waals surface area (Å²) in [7, 11) is 0. The van der Waals surface area contributed by atoms with E-state index >= 15 is 0 Å². The van der Waals surface area contributed by atoms with Crippen LogP contribution in [0.25, 0.3) is 10.8 Å². The van der Waals surface area contributed by atoms with Gasteiger partial charge in [-0.25, -0.2) is 0 Å². The molecule has 3 heterocycles. The fourth-order valence-corrected chi connectivity index (χ4v) is 3.84. The van der Waals surface area contributed by atoms with E-state index in [0.717, 1.165) is 50.4 Å². The van der Waals surface area contributed by atoms with Crippen molar-refractivity contribution in [2.24, 2.45) is 0 Å². The van der Waals surface area contributed by atoms with Crippen molar-refractivity contribution < 1.29 is 9.66 Å². The van der Waals surface area contributed by atoms with Crippen LogP contribution >= 0.6 is 0 Å². The third-order valence-corrected chi connectivity index (χ3v) is 5.17. The molecule has 7 heteroatoms. The van der Waals surface area contributed by atoms with Crippen LogP contribution in [0.5, 0.6) is 0 Å². The van der Waals surface area contributed by atoms with E-state index in [1.165, 1.54) is 12.8 Å². The first-order chi connectivity index (χ1) is 12.2. The number of ether oxygens (including phenoxy) is 1. The molecule has 2 aliphatic heterocycles. The van der Waals surface area contributed by atoms with Crippen LogP contribution in [0.2, 0.25) is 0 Å². The highest BCUT2D eigenvalue weighted by Gasteiger charge is 2.24. The smallest absolute Gasteiger partial charge is 0.278 e. The summed E-state index contributed by atoms with van der Waals surface area (Å²) in [4.78, 5) is 19.8. The van der Waals surface area contributed by atoms with Gasteiger partial charge in [-0.2, -0.15) is 0 Å². The maximum atomic E-state index is 11.3. The van der Waals surface area contributed by atoms with Gasteiger partial charge in [-0.15, -0.1) is 0 Å². The summed E-state index contributed by atoms with van der Waals surface area (Å²) in [6, 6.07) is 5.34. The van der Waals surface area contributed by atoms with Gasteiger partial charge in [0.25, 0.3) is 5.69 Å². The van der Waals surface area contributed by atoms with Gasteiger partial charge in [0.2, 0.25) is 0 Å². The Bertz CT molecular complexity index is 768. The Labute approximate surface area is 146 Å². The van der Waals surface area contributed by atoms with E-state index in [0.29, 0.717) is 11.5 Å². The highest BCUT2D eigenvalue weighted by molar-refractivity contribution is 5.99. The lowest BCUT2D eigenvalue weighted by atomic mass is 10.1. The molecule has 7 nitrogen and oxygen atoms in total. The summed E-state index contributed by atoms with van der Waals surface area (Å²) in [5.41, 5.74) is 1.17. The number of pyridine rings is 1. The Morgan fingerprint density at radius 2 is 2.04 bits per heavy atom. The predicted molar refractivity (Wildman–Crippen MR) is 96.0 cm³/mol. The number of aromatic nitrogens is 1. The van der Waals surface area contributed by atoms with Crippen molar-refractivity contribution >= 4 is 22.1 Å². The summed E-state index contributed by atoms with van der Waals surface area (Å²) in [5, 5.41) is 12.8. The number of fused-ring (bicyclic) bond motifs is 1. The van der Waals surface area contributed by atoms with E-state index in [9.17, 15) is 10.1 Å². The van der Waals surface area contributed by atoms with Gasteiger partial charge in [0, 0.05) is 68.9 Å². The van der Waals surface area contributed by atoms with E-state index < -0.39 is 0 Å². The molecule has 0 N–H and O–H groups in total. The van der Waals surface area contributed by atoms with E-state index in [2.05, 4.69) is 14.8 Å². The fraction of sp³-hybridized carbons (Fsp3) is 0.500. The van der Waals surface area contributed by atoms with E-state index in [1.807, 2.05) is 12.1 Å². The number of nitrogens with zero attached hydrogens (tertiary/aromatic N) is 4. The van der Waals surface area contributed by atoms with Crippen molar-refractivity contribution in [1.82, 2.24) is 9.88 Å². The second kappa shape index (κ2) is 6.93. The molecule has 25 heavy (non-hydrogen) atoms. The quantitative estimate of drug-likeness (QED) is 0.628. The van der Waals surface area contributed by atoms with Crippen molar-refractivity contribution in [1.29, 1.82) is 0 Å². The minimum absolute atomic E-state index is 0.115. The molecule has 2 aliphatic rings. The van der Waals surface area contributed by atoms with E-state index in [1.54, 1.807) is 18.5 Å². The summed E-state index contributed by atoms with van der Waals surface area (Å²) < 4.78 is 5.73. The van der Waals surface area contributed by atoms with Crippen LogP contribution in [0.3, 0.4) is 0 Å². The Balaban J connectivity index is 1.51. The molecule has 0 aliphatic carbocycles. The van der Waals surface area contributed by atoms with Crippen LogP contribution in [0.15, 0.2) is 30.6 Å². The first-order valence-corrected chi connectivity index (χ1v) is 8.82. The highest BCUT2D eigenvalue weighted by atomic mass is 16.6. The monoisotopic (exact) mass is 342 g/mol. The van der Waals surface area contributed by atoms with Crippen molar-refractivity contribution in [3.05, 3.63) is 40.7 Å². The Morgan fingerprint density at radius 3 is 2.76 bits per heavy atom. The summed E-state index contributed by atoms with van der Waals surface area (Å²) in [5.74, 6) is 0.